The van der Waals surface area contributed by atoms with Crippen LogP contribution in [0.15, 0.2) is 35.8 Å². The van der Waals surface area contributed by atoms with Gasteiger partial charge in [-0.15, -0.1) is 0 Å². The van der Waals surface area contributed by atoms with E-state index in [-0.39, 0.29) is 24.4 Å². The van der Waals surface area contributed by atoms with Crippen LogP contribution in [-0.4, -0.2) is 21.3 Å². The van der Waals surface area contributed by atoms with E-state index >= 15 is 0 Å². The Hall–Kier alpha value is -1.71. The Morgan fingerprint density at radius 1 is 1.29 bits per heavy atom. The van der Waals surface area contributed by atoms with Gasteiger partial charge in [0.1, 0.15) is 5.76 Å². The molecule has 0 rings (SSSR count). The van der Waals surface area contributed by atoms with Gasteiger partial charge in [-0.05, 0) is 25.0 Å². The minimum atomic E-state index is -0.915. The Labute approximate surface area is 82.5 Å². The van der Waals surface area contributed by atoms with Gasteiger partial charge in [-0.2, -0.15) is 0 Å². The number of aliphatic hydroxyl groups excluding tert-OH is 2. The molecule has 0 aliphatic rings. The monoisotopic (exact) mass is 198 g/mol. The zero-order chi connectivity index (χ0) is 11.1. The number of allylic oxidation sites excluding steroid dienone is 4. The first-order valence-electron chi connectivity index (χ1n) is 4.11. The molecule has 0 saturated heterocycles. The zero-order valence-corrected chi connectivity index (χ0v) is 8.03. The van der Waals surface area contributed by atoms with Gasteiger partial charge in [0.15, 0.2) is 5.76 Å². The summed E-state index contributed by atoms with van der Waals surface area (Å²) < 4.78 is 0. The van der Waals surface area contributed by atoms with Crippen LogP contribution in [-0.2, 0) is 4.79 Å². The van der Waals surface area contributed by atoms with Gasteiger partial charge in [0.05, 0.1) is 0 Å². The molecule has 0 atom stereocenters. The number of rotatable bonds is 5. The Morgan fingerprint density at radius 2 is 1.86 bits per heavy atom. The minimum Gasteiger partial charge on any atom is -0.509 e. The molecule has 0 amide bonds. The van der Waals surface area contributed by atoms with Crippen molar-refractivity contribution in [1.82, 2.24) is 0 Å². The van der Waals surface area contributed by atoms with Gasteiger partial charge in [-0.1, -0.05) is 12.7 Å². The van der Waals surface area contributed by atoms with Crippen molar-refractivity contribution in [3.63, 3.8) is 0 Å². The van der Waals surface area contributed by atoms with E-state index in [1.54, 1.807) is 0 Å². The smallest absolute Gasteiger partial charge is 0.303 e. The molecule has 4 nitrogen and oxygen atoms in total. The lowest BCUT2D eigenvalue weighted by Gasteiger charge is -2.00. The molecule has 14 heavy (non-hydrogen) atoms. The Balaban J connectivity index is 4.49. The average Bonchev–Trinajstić information content (AvgIpc) is 2.11. The third-order valence-corrected chi connectivity index (χ3v) is 1.58. The summed E-state index contributed by atoms with van der Waals surface area (Å²) >= 11 is 0. The van der Waals surface area contributed by atoms with Crippen LogP contribution in [0, 0.1) is 0 Å². The molecule has 0 aromatic rings. The van der Waals surface area contributed by atoms with Crippen LogP contribution in [0.25, 0.3) is 0 Å². The molecular formula is C10H14O4. The summed E-state index contributed by atoms with van der Waals surface area (Å²) in [5.41, 5.74) is 0.568. The lowest BCUT2D eigenvalue weighted by atomic mass is 10.1. The van der Waals surface area contributed by atoms with Crippen LogP contribution >= 0.6 is 0 Å². The van der Waals surface area contributed by atoms with Crippen molar-refractivity contribution in [2.45, 2.75) is 19.8 Å². The van der Waals surface area contributed by atoms with E-state index in [9.17, 15) is 4.79 Å². The first-order chi connectivity index (χ1) is 6.47. The van der Waals surface area contributed by atoms with Crippen LogP contribution < -0.4 is 0 Å². The second-order valence-electron chi connectivity index (χ2n) is 2.79. The molecule has 0 aliphatic carbocycles. The molecular weight excluding hydrogens is 184 g/mol. The normalized spacial score (nSPS) is 13.4. The van der Waals surface area contributed by atoms with E-state index in [1.807, 2.05) is 0 Å². The molecule has 0 heterocycles. The highest BCUT2D eigenvalue weighted by atomic mass is 16.4. The SMILES string of the molecule is C=C/C(=C\C(O)=C(/C)O)CCC(=O)O. The maximum Gasteiger partial charge on any atom is 0.303 e. The lowest BCUT2D eigenvalue weighted by Crippen LogP contribution is -1.95. The van der Waals surface area contributed by atoms with Gasteiger partial charge in [-0.25, -0.2) is 0 Å². The fourth-order valence-electron chi connectivity index (χ4n) is 0.764. The first kappa shape index (κ1) is 12.3. The van der Waals surface area contributed by atoms with E-state index in [0.29, 0.717) is 5.57 Å². The van der Waals surface area contributed by atoms with Crippen molar-refractivity contribution in [1.29, 1.82) is 0 Å². The van der Waals surface area contributed by atoms with Crippen LogP contribution in [0.4, 0.5) is 0 Å². The number of hydrogen-bond donors (Lipinski definition) is 3. The molecule has 0 radical (unpaired) electrons. The average molecular weight is 198 g/mol. The molecule has 4 heteroatoms. The summed E-state index contributed by atoms with van der Waals surface area (Å²) in [5.74, 6) is -1.40. The summed E-state index contributed by atoms with van der Waals surface area (Å²) in [4.78, 5) is 10.3. The van der Waals surface area contributed by atoms with Gasteiger partial charge in [0.25, 0.3) is 0 Å². The molecule has 0 aromatic carbocycles. The minimum absolute atomic E-state index is 0.0321. The molecule has 78 valence electrons. The summed E-state index contributed by atoms with van der Waals surface area (Å²) in [6, 6.07) is 0. The van der Waals surface area contributed by atoms with E-state index in [2.05, 4.69) is 6.58 Å². The standard InChI is InChI=1S/C10H14O4/c1-3-8(4-5-10(13)14)6-9(12)7(2)11/h3,6,11-12H,1,4-5H2,2H3,(H,13,14)/b8-6+,9-7-. The van der Waals surface area contributed by atoms with Crippen molar-refractivity contribution >= 4 is 5.97 Å². The molecule has 0 aliphatic heterocycles. The van der Waals surface area contributed by atoms with Gasteiger partial charge >= 0.3 is 5.97 Å². The second kappa shape index (κ2) is 5.85. The van der Waals surface area contributed by atoms with Crippen molar-refractivity contribution in [2.24, 2.45) is 0 Å². The Kier molecular flexibility index (Phi) is 5.14. The first-order valence-corrected chi connectivity index (χ1v) is 4.11. The van der Waals surface area contributed by atoms with Gasteiger partial charge in [0, 0.05) is 6.42 Å². The molecule has 3 N–H and O–H groups in total. The Morgan fingerprint density at radius 3 is 2.21 bits per heavy atom. The number of aliphatic hydroxyl groups is 2. The maximum absolute atomic E-state index is 10.3. The molecule has 0 saturated carbocycles. The third kappa shape index (κ3) is 5.03. The summed E-state index contributed by atoms with van der Waals surface area (Å²) in [7, 11) is 0. The van der Waals surface area contributed by atoms with Crippen molar-refractivity contribution in [3.05, 3.63) is 35.8 Å². The van der Waals surface area contributed by atoms with Gasteiger partial charge in [-0.3, -0.25) is 4.79 Å². The van der Waals surface area contributed by atoms with Crippen LogP contribution in [0.2, 0.25) is 0 Å². The van der Waals surface area contributed by atoms with Crippen molar-refractivity contribution in [3.8, 4) is 0 Å². The topological polar surface area (TPSA) is 77.8 Å². The second-order valence-corrected chi connectivity index (χ2v) is 2.79. The maximum atomic E-state index is 10.3. The number of carbonyl (C=O) groups is 1. The van der Waals surface area contributed by atoms with Gasteiger partial charge in [0.2, 0.25) is 0 Å². The predicted molar refractivity (Wildman–Crippen MR) is 53.1 cm³/mol. The summed E-state index contributed by atoms with van der Waals surface area (Å²) in [6.45, 7) is 4.81. The van der Waals surface area contributed by atoms with E-state index in [4.69, 9.17) is 15.3 Å². The molecule has 0 fully saturated rings. The Bertz CT molecular complexity index is 282. The molecule has 0 spiro atoms. The highest BCUT2D eigenvalue weighted by Crippen LogP contribution is 2.10. The van der Waals surface area contributed by atoms with Gasteiger partial charge < -0.3 is 15.3 Å². The van der Waals surface area contributed by atoms with E-state index in [1.165, 1.54) is 19.1 Å². The lowest BCUT2D eigenvalue weighted by molar-refractivity contribution is -0.136. The zero-order valence-electron chi connectivity index (χ0n) is 8.03. The largest absolute Gasteiger partial charge is 0.509 e. The number of aliphatic carboxylic acids is 1. The third-order valence-electron chi connectivity index (χ3n) is 1.58. The fraction of sp³-hybridized carbons (Fsp3) is 0.300. The van der Waals surface area contributed by atoms with Crippen molar-refractivity contribution < 1.29 is 20.1 Å². The summed E-state index contributed by atoms with van der Waals surface area (Å²) in [5, 5.41) is 26.4. The number of hydrogen-bond acceptors (Lipinski definition) is 3. The number of carboxylic acids is 1. The van der Waals surface area contributed by atoms with Crippen LogP contribution in [0.1, 0.15) is 19.8 Å². The fourth-order valence-corrected chi connectivity index (χ4v) is 0.764. The predicted octanol–water partition coefficient (Wildman–Crippen LogP) is 2.31. The molecule has 0 bridgehead atoms. The van der Waals surface area contributed by atoms with E-state index in [0.717, 1.165) is 0 Å². The van der Waals surface area contributed by atoms with Crippen molar-refractivity contribution in [2.75, 3.05) is 0 Å². The van der Waals surface area contributed by atoms with Crippen LogP contribution in [0.3, 0.4) is 0 Å². The summed E-state index contributed by atoms with van der Waals surface area (Å²) in [6.07, 6.45) is 2.99. The highest BCUT2D eigenvalue weighted by Gasteiger charge is 2.01. The number of carboxylic acid groups (broad SMARTS) is 1. The molecule has 0 aromatic heterocycles. The molecule has 0 unspecified atom stereocenters. The quantitative estimate of drug-likeness (QED) is 0.468. The highest BCUT2D eigenvalue weighted by molar-refractivity contribution is 5.67. The van der Waals surface area contributed by atoms with Crippen LogP contribution in [0.5, 0.6) is 0 Å². The van der Waals surface area contributed by atoms with E-state index < -0.39 is 5.97 Å².